The molecule has 1 amide bonds. The van der Waals surface area contributed by atoms with E-state index in [0.29, 0.717) is 5.75 Å². The molecule has 0 atom stereocenters. The van der Waals surface area contributed by atoms with Crippen molar-refractivity contribution in [2.24, 2.45) is 0 Å². The van der Waals surface area contributed by atoms with Crippen LogP contribution in [0.4, 0.5) is 23.2 Å². The maximum atomic E-state index is 13.9. The smallest absolute Gasteiger partial charge is 0.413 e. The van der Waals surface area contributed by atoms with E-state index in [0.717, 1.165) is 24.7 Å². The summed E-state index contributed by atoms with van der Waals surface area (Å²) in [5, 5.41) is 10.7. The van der Waals surface area contributed by atoms with Crippen LogP contribution in [0.15, 0.2) is 35.7 Å². The fourth-order valence-corrected chi connectivity index (χ4v) is 4.15. The Labute approximate surface area is 214 Å². The topological polar surface area (TPSA) is 137 Å². The van der Waals surface area contributed by atoms with Crippen molar-refractivity contribution < 1.29 is 59.6 Å². The van der Waals surface area contributed by atoms with Crippen LogP contribution in [0.2, 0.25) is 0 Å². The van der Waals surface area contributed by atoms with Gasteiger partial charge in [0.05, 0.1) is 45.4 Å². The van der Waals surface area contributed by atoms with Gasteiger partial charge in [-0.05, 0) is 23.8 Å². The quantitative estimate of drug-likeness (QED) is 0.370. The van der Waals surface area contributed by atoms with Crippen molar-refractivity contribution in [2.45, 2.75) is 17.6 Å². The number of hydrogen-bond acceptors (Lipinski definition) is 8. The molecular weight excluding hydrogens is 542 g/mol. The first-order valence-electron chi connectivity index (χ1n) is 10.3. The molecule has 2 rings (SSSR count). The number of amides is 1. The predicted molar refractivity (Wildman–Crippen MR) is 127 cm³/mol. The van der Waals surface area contributed by atoms with Gasteiger partial charge in [-0.1, -0.05) is 6.07 Å². The van der Waals surface area contributed by atoms with Crippen molar-refractivity contribution in [1.29, 1.82) is 0 Å². The summed E-state index contributed by atoms with van der Waals surface area (Å²) in [7, 11) is 1.14. The monoisotopic (exact) mass is 565 g/mol. The van der Waals surface area contributed by atoms with Gasteiger partial charge in [0.25, 0.3) is 0 Å². The van der Waals surface area contributed by atoms with Crippen LogP contribution in [0, 0.1) is 0 Å². The highest BCUT2D eigenvalue weighted by Crippen LogP contribution is 2.37. The van der Waals surface area contributed by atoms with Crippen LogP contribution in [0.5, 0.6) is 23.0 Å². The molecule has 2 aromatic rings. The Morgan fingerprint density at radius 1 is 0.895 bits per heavy atom. The number of rotatable bonds is 12. The molecule has 0 spiro atoms. The Morgan fingerprint density at radius 2 is 1.45 bits per heavy atom. The van der Waals surface area contributed by atoms with Crippen LogP contribution in [0.1, 0.15) is 11.1 Å². The second-order valence-electron chi connectivity index (χ2n) is 7.50. The first-order chi connectivity index (χ1) is 17.6. The lowest BCUT2D eigenvalue weighted by molar-refractivity contribution is -0.219. The third-order valence-corrected chi connectivity index (χ3v) is 6.31. The highest BCUT2D eigenvalue weighted by molar-refractivity contribution is 7.93. The summed E-state index contributed by atoms with van der Waals surface area (Å²) in [4.78, 5) is 22.4. The Hall–Kier alpha value is -4.01. The Kier molecular flexibility index (Phi) is 9.21. The number of carbonyl (C=O) groups is 2. The van der Waals surface area contributed by atoms with Crippen molar-refractivity contribution in [3.8, 4) is 23.0 Å². The van der Waals surface area contributed by atoms with Crippen molar-refractivity contribution >= 4 is 33.5 Å². The molecule has 0 aliphatic rings. The standard InChI is InChI=1S/C23H23F4NO9S/c1-34-14-10-18(36-3)15(19(11-14)37-4)7-8-38(32,33)12-13-5-6-17(35-2)16(9-13)28-20(29)22(24,25)23(26,27)21(30)31/h5-11H,12H2,1-4H3,(H,28,29)(H,30,31)/b8-7+. The Balaban J connectivity index is 2.37. The minimum atomic E-state index is -5.71. The zero-order valence-electron chi connectivity index (χ0n) is 20.4. The van der Waals surface area contributed by atoms with Crippen LogP contribution in [0.25, 0.3) is 6.08 Å². The lowest BCUT2D eigenvalue weighted by atomic mass is 10.1. The van der Waals surface area contributed by atoms with Crippen molar-refractivity contribution in [3.05, 3.63) is 46.9 Å². The zero-order chi connectivity index (χ0) is 28.9. The average Bonchev–Trinajstić information content (AvgIpc) is 2.86. The van der Waals surface area contributed by atoms with Crippen LogP contribution in [0.3, 0.4) is 0 Å². The minimum absolute atomic E-state index is 0.0484. The number of carbonyl (C=O) groups excluding carboxylic acids is 1. The molecule has 0 bridgehead atoms. The summed E-state index contributed by atoms with van der Waals surface area (Å²) >= 11 is 0. The van der Waals surface area contributed by atoms with Gasteiger partial charge in [-0.2, -0.15) is 17.6 Å². The molecule has 0 aliphatic carbocycles. The third kappa shape index (κ3) is 6.45. The molecule has 10 nitrogen and oxygen atoms in total. The van der Waals surface area contributed by atoms with E-state index in [1.807, 2.05) is 0 Å². The number of benzene rings is 2. The van der Waals surface area contributed by atoms with Gasteiger partial charge in [0.2, 0.25) is 0 Å². The summed E-state index contributed by atoms with van der Waals surface area (Å²) in [5.41, 5.74) is -0.370. The molecule has 2 aromatic carbocycles. The lowest BCUT2D eigenvalue weighted by Crippen LogP contribution is -2.54. The van der Waals surface area contributed by atoms with Gasteiger partial charge in [0.15, 0.2) is 9.84 Å². The summed E-state index contributed by atoms with van der Waals surface area (Å²) in [6.07, 6.45) is 1.20. The molecule has 208 valence electrons. The molecule has 0 radical (unpaired) electrons. The largest absolute Gasteiger partial charge is 0.496 e. The van der Waals surface area contributed by atoms with E-state index in [4.69, 9.17) is 24.1 Å². The van der Waals surface area contributed by atoms with E-state index in [-0.39, 0.29) is 28.4 Å². The molecule has 0 aliphatic heterocycles. The molecule has 0 aromatic heterocycles. The molecule has 0 saturated heterocycles. The first kappa shape index (κ1) is 30.2. The van der Waals surface area contributed by atoms with Gasteiger partial charge in [0, 0.05) is 17.5 Å². The maximum Gasteiger partial charge on any atom is 0.413 e. The number of nitrogens with one attached hydrogen (secondary N) is 1. The summed E-state index contributed by atoms with van der Waals surface area (Å²) in [5.74, 6) is -17.3. The molecular formula is C23H23F4NO9S. The summed E-state index contributed by atoms with van der Waals surface area (Å²) in [6.45, 7) is 0. The number of halogens is 4. The van der Waals surface area contributed by atoms with Gasteiger partial charge >= 0.3 is 23.7 Å². The van der Waals surface area contributed by atoms with E-state index in [1.54, 1.807) is 0 Å². The van der Waals surface area contributed by atoms with Gasteiger partial charge < -0.3 is 29.4 Å². The van der Waals surface area contributed by atoms with Crippen molar-refractivity contribution in [3.63, 3.8) is 0 Å². The maximum absolute atomic E-state index is 13.9. The van der Waals surface area contributed by atoms with Crippen LogP contribution in [-0.4, -0.2) is 65.7 Å². The first-order valence-corrected chi connectivity index (χ1v) is 12.0. The van der Waals surface area contributed by atoms with Crippen LogP contribution >= 0.6 is 0 Å². The zero-order valence-corrected chi connectivity index (χ0v) is 21.2. The molecule has 15 heteroatoms. The number of methoxy groups -OCH3 is 4. The van der Waals surface area contributed by atoms with E-state index in [1.165, 1.54) is 50.9 Å². The molecule has 0 saturated carbocycles. The van der Waals surface area contributed by atoms with Gasteiger partial charge in [0.1, 0.15) is 23.0 Å². The van der Waals surface area contributed by atoms with Crippen molar-refractivity contribution in [2.75, 3.05) is 33.8 Å². The molecule has 0 fully saturated rings. The van der Waals surface area contributed by atoms with Gasteiger partial charge in [-0.3, -0.25) is 4.79 Å². The molecule has 2 N–H and O–H groups in total. The minimum Gasteiger partial charge on any atom is -0.496 e. The summed E-state index contributed by atoms with van der Waals surface area (Å²) < 4.78 is 100. The van der Waals surface area contributed by atoms with Crippen LogP contribution < -0.4 is 24.3 Å². The van der Waals surface area contributed by atoms with Gasteiger partial charge in [-0.25, -0.2) is 13.2 Å². The lowest BCUT2D eigenvalue weighted by Gasteiger charge is -2.22. The second kappa shape index (κ2) is 11.6. The predicted octanol–water partition coefficient (Wildman–Crippen LogP) is 3.60. The molecule has 38 heavy (non-hydrogen) atoms. The highest BCUT2D eigenvalue weighted by Gasteiger charge is 2.67. The van der Waals surface area contributed by atoms with E-state index < -0.39 is 45.0 Å². The van der Waals surface area contributed by atoms with E-state index in [9.17, 15) is 35.6 Å². The number of sulfone groups is 1. The Morgan fingerprint density at radius 3 is 1.92 bits per heavy atom. The van der Waals surface area contributed by atoms with Crippen LogP contribution in [-0.2, 0) is 25.2 Å². The van der Waals surface area contributed by atoms with Gasteiger partial charge in [-0.15, -0.1) is 0 Å². The molecule has 0 unspecified atom stereocenters. The molecule has 0 heterocycles. The SMILES string of the molecule is COc1cc(OC)c(/C=C/S(=O)(=O)Cc2ccc(OC)c(NC(=O)C(F)(F)C(F)(F)C(=O)O)c2)c(OC)c1. The number of carboxylic acids is 1. The van der Waals surface area contributed by atoms with E-state index in [2.05, 4.69) is 0 Å². The number of alkyl halides is 4. The fraction of sp³-hybridized carbons (Fsp3) is 0.304. The number of anilines is 1. The fourth-order valence-electron chi connectivity index (χ4n) is 3.07. The van der Waals surface area contributed by atoms with E-state index >= 15 is 0 Å². The number of hydrogen-bond donors (Lipinski definition) is 2. The number of aliphatic carboxylic acids is 1. The Bertz CT molecular complexity index is 1320. The number of ether oxygens (including phenoxy) is 4. The second-order valence-corrected chi connectivity index (χ2v) is 9.38. The summed E-state index contributed by atoms with van der Waals surface area (Å²) in [6, 6.07) is 6.24. The highest BCUT2D eigenvalue weighted by atomic mass is 32.2. The number of carboxylic acid groups (broad SMARTS) is 1. The van der Waals surface area contributed by atoms with Crippen molar-refractivity contribution in [1.82, 2.24) is 0 Å². The average molecular weight is 565 g/mol. The third-order valence-electron chi connectivity index (χ3n) is 5.02. The normalized spacial score (nSPS) is 12.2.